The molecule has 4 nitrogen and oxygen atoms in total. The Morgan fingerprint density at radius 1 is 1.62 bits per heavy atom. The predicted molar refractivity (Wildman–Crippen MR) is 68.2 cm³/mol. The fraction of sp³-hybridized carbons (Fsp3) is 0.455. The van der Waals surface area contributed by atoms with Gasteiger partial charge in [0, 0.05) is 12.7 Å². The smallest absolute Gasteiger partial charge is 0.236 e. The lowest BCUT2D eigenvalue weighted by Crippen LogP contribution is -2.37. The molecule has 0 aliphatic heterocycles. The third-order valence-corrected chi connectivity index (χ3v) is 2.59. The van der Waals surface area contributed by atoms with Gasteiger partial charge in [0.25, 0.3) is 0 Å². The van der Waals surface area contributed by atoms with E-state index in [1.165, 1.54) is 0 Å². The minimum atomic E-state index is -0.349. The molecule has 0 fully saturated rings. The molecular formula is C11H16BrN3O. The topological polar surface area (TPSA) is 59.2 Å². The number of anilines is 1. The van der Waals surface area contributed by atoms with Crippen LogP contribution in [0, 0.1) is 5.92 Å². The molecule has 1 heterocycles. The second kappa shape index (κ2) is 5.84. The molecule has 16 heavy (non-hydrogen) atoms. The number of nitrogens with two attached hydrogens (primary N) is 1. The van der Waals surface area contributed by atoms with Crippen LogP contribution in [0.2, 0.25) is 0 Å². The molecule has 0 atom stereocenters. The van der Waals surface area contributed by atoms with E-state index in [2.05, 4.69) is 34.8 Å². The van der Waals surface area contributed by atoms with Gasteiger partial charge < -0.3 is 10.6 Å². The highest BCUT2D eigenvalue weighted by atomic mass is 79.9. The number of hydrogen-bond acceptors (Lipinski definition) is 3. The van der Waals surface area contributed by atoms with E-state index in [1.54, 1.807) is 6.20 Å². The van der Waals surface area contributed by atoms with Crippen molar-refractivity contribution in [3.05, 3.63) is 22.8 Å². The zero-order chi connectivity index (χ0) is 12.1. The molecule has 1 aromatic heterocycles. The Kier molecular flexibility index (Phi) is 4.73. The maximum atomic E-state index is 11.0. The summed E-state index contributed by atoms with van der Waals surface area (Å²) >= 11 is 3.42. The number of halogens is 1. The molecule has 0 aliphatic rings. The highest BCUT2D eigenvalue weighted by Crippen LogP contribution is 2.23. The van der Waals surface area contributed by atoms with Gasteiger partial charge in [0.1, 0.15) is 5.82 Å². The van der Waals surface area contributed by atoms with E-state index < -0.39 is 0 Å². The van der Waals surface area contributed by atoms with Crippen molar-refractivity contribution in [2.45, 2.75) is 13.8 Å². The maximum Gasteiger partial charge on any atom is 0.236 e. The molecule has 2 N–H and O–H groups in total. The summed E-state index contributed by atoms with van der Waals surface area (Å²) in [6.07, 6.45) is 1.70. The highest BCUT2D eigenvalue weighted by Gasteiger charge is 2.14. The van der Waals surface area contributed by atoms with Crippen LogP contribution >= 0.6 is 15.9 Å². The summed E-state index contributed by atoms with van der Waals surface area (Å²) in [6.45, 7) is 5.11. The number of primary amides is 1. The quantitative estimate of drug-likeness (QED) is 0.897. The van der Waals surface area contributed by atoms with E-state index in [0.717, 1.165) is 16.8 Å². The van der Waals surface area contributed by atoms with Crippen molar-refractivity contribution in [2.24, 2.45) is 11.7 Å². The summed E-state index contributed by atoms with van der Waals surface area (Å²) in [5, 5.41) is 0. The molecule has 0 radical (unpaired) electrons. The fourth-order valence-electron chi connectivity index (χ4n) is 1.46. The van der Waals surface area contributed by atoms with Gasteiger partial charge in [0.05, 0.1) is 11.0 Å². The summed E-state index contributed by atoms with van der Waals surface area (Å²) in [5.74, 6) is 0.849. The Balaban J connectivity index is 2.91. The Morgan fingerprint density at radius 2 is 2.31 bits per heavy atom. The number of pyridine rings is 1. The van der Waals surface area contributed by atoms with Crippen molar-refractivity contribution in [1.82, 2.24) is 4.98 Å². The van der Waals surface area contributed by atoms with E-state index in [4.69, 9.17) is 5.73 Å². The van der Waals surface area contributed by atoms with Crippen molar-refractivity contribution in [3.8, 4) is 0 Å². The molecule has 88 valence electrons. The molecule has 1 aromatic rings. The zero-order valence-corrected chi connectivity index (χ0v) is 11.1. The predicted octanol–water partition coefficient (Wildman–Crippen LogP) is 1.79. The number of amides is 1. The van der Waals surface area contributed by atoms with Crippen LogP contribution in [0.4, 0.5) is 5.82 Å². The van der Waals surface area contributed by atoms with Crippen LogP contribution in [-0.2, 0) is 4.79 Å². The van der Waals surface area contributed by atoms with E-state index in [-0.39, 0.29) is 12.5 Å². The molecule has 0 aromatic carbocycles. The van der Waals surface area contributed by atoms with Gasteiger partial charge in [0.15, 0.2) is 0 Å². The molecule has 1 amide bonds. The largest absolute Gasteiger partial charge is 0.368 e. The molecule has 0 saturated heterocycles. The lowest BCUT2D eigenvalue weighted by molar-refractivity contribution is -0.116. The monoisotopic (exact) mass is 285 g/mol. The minimum absolute atomic E-state index is 0.188. The first-order chi connectivity index (χ1) is 7.50. The number of carbonyl (C=O) groups excluding carboxylic acids is 1. The van der Waals surface area contributed by atoms with Gasteiger partial charge in [-0.25, -0.2) is 4.98 Å². The lowest BCUT2D eigenvalue weighted by Gasteiger charge is -2.24. The Labute approximate surface area is 104 Å². The molecule has 0 unspecified atom stereocenters. The number of aromatic nitrogens is 1. The summed E-state index contributed by atoms with van der Waals surface area (Å²) < 4.78 is 0.872. The van der Waals surface area contributed by atoms with Crippen LogP contribution in [0.1, 0.15) is 13.8 Å². The summed E-state index contributed by atoms with van der Waals surface area (Å²) in [5.41, 5.74) is 5.23. The van der Waals surface area contributed by atoms with Crippen molar-refractivity contribution < 1.29 is 4.79 Å². The first-order valence-corrected chi connectivity index (χ1v) is 5.93. The zero-order valence-electron chi connectivity index (χ0n) is 9.48. The first kappa shape index (κ1) is 13.0. The standard InChI is InChI=1S/C11H16BrN3O/c1-8(2)6-15(7-10(13)16)11-9(12)4-3-5-14-11/h3-5,8H,6-7H2,1-2H3,(H2,13,16). The number of carbonyl (C=O) groups is 1. The molecule has 5 heteroatoms. The van der Waals surface area contributed by atoms with Gasteiger partial charge in [-0.3, -0.25) is 4.79 Å². The van der Waals surface area contributed by atoms with Crippen LogP contribution in [0.25, 0.3) is 0 Å². The third kappa shape index (κ3) is 3.81. The van der Waals surface area contributed by atoms with Gasteiger partial charge in [-0.2, -0.15) is 0 Å². The van der Waals surface area contributed by atoms with Gasteiger partial charge in [-0.05, 0) is 34.0 Å². The van der Waals surface area contributed by atoms with Crippen molar-refractivity contribution in [1.29, 1.82) is 0 Å². The molecule has 0 spiro atoms. The van der Waals surface area contributed by atoms with Gasteiger partial charge in [-0.1, -0.05) is 13.8 Å². The van der Waals surface area contributed by atoms with E-state index >= 15 is 0 Å². The molecular weight excluding hydrogens is 270 g/mol. The van der Waals surface area contributed by atoms with Crippen LogP contribution in [0.3, 0.4) is 0 Å². The average molecular weight is 286 g/mol. The van der Waals surface area contributed by atoms with E-state index in [1.807, 2.05) is 17.0 Å². The summed E-state index contributed by atoms with van der Waals surface area (Å²) in [7, 11) is 0. The molecule has 0 saturated carbocycles. The third-order valence-electron chi connectivity index (χ3n) is 1.97. The van der Waals surface area contributed by atoms with Crippen LogP contribution in [0.5, 0.6) is 0 Å². The SMILES string of the molecule is CC(C)CN(CC(N)=O)c1ncccc1Br. The fourth-order valence-corrected chi connectivity index (χ4v) is 1.97. The van der Waals surface area contributed by atoms with Crippen LogP contribution in [-0.4, -0.2) is 24.0 Å². The van der Waals surface area contributed by atoms with Gasteiger partial charge in [0.2, 0.25) is 5.91 Å². The van der Waals surface area contributed by atoms with Crippen molar-refractivity contribution in [2.75, 3.05) is 18.0 Å². The number of rotatable bonds is 5. The summed E-state index contributed by atoms with van der Waals surface area (Å²) in [6, 6.07) is 3.74. The van der Waals surface area contributed by atoms with Crippen LogP contribution < -0.4 is 10.6 Å². The second-order valence-corrected chi connectivity index (χ2v) is 4.90. The highest BCUT2D eigenvalue weighted by molar-refractivity contribution is 9.10. The maximum absolute atomic E-state index is 11.0. The molecule has 0 bridgehead atoms. The average Bonchev–Trinajstić information content (AvgIpc) is 2.15. The van der Waals surface area contributed by atoms with Crippen molar-refractivity contribution in [3.63, 3.8) is 0 Å². The van der Waals surface area contributed by atoms with Crippen molar-refractivity contribution >= 4 is 27.7 Å². The molecule has 0 aliphatic carbocycles. The van der Waals surface area contributed by atoms with Gasteiger partial charge in [-0.15, -0.1) is 0 Å². The van der Waals surface area contributed by atoms with E-state index in [9.17, 15) is 4.79 Å². The Morgan fingerprint density at radius 3 is 2.81 bits per heavy atom. The van der Waals surface area contributed by atoms with E-state index in [0.29, 0.717) is 5.92 Å². The minimum Gasteiger partial charge on any atom is -0.368 e. The number of nitrogens with zero attached hydrogens (tertiary/aromatic N) is 2. The van der Waals surface area contributed by atoms with Crippen LogP contribution in [0.15, 0.2) is 22.8 Å². The Bertz CT molecular complexity index is 368. The normalized spacial score (nSPS) is 10.5. The summed E-state index contributed by atoms with van der Waals surface area (Å²) in [4.78, 5) is 17.2. The second-order valence-electron chi connectivity index (χ2n) is 4.05. The lowest BCUT2D eigenvalue weighted by atomic mass is 10.2. The first-order valence-electron chi connectivity index (χ1n) is 5.14. The Hall–Kier alpha value is -1.10. The van der Waals surface area contributed by atoms with Gasteiger partial charge >= 0.3 is 0 Å². The molecule has 1 rings (SSSR count). The number of hydrogen-bond donors (Lipinski definition) is 1.